The number of likely N-dealkylation sites (tertiary alicyclic amines) is 2. The summed E-state index contributed by atoms with van der Waals surface area (Å²) < 4.78 is 12.7. The summed E-state index contributed by atoms with van der Waals surface area (Å²) in [5.74, 6) is -1.14. The predicted molar refractivity (Wildman–Crippen MR) is 120 cm³/mol. The molecule has 0 unspecified atom stereocenters. The first-order valence-corrected chi connectivity index (χ1v) is 12.4. The number of nitrogens with zero attached hydrogens (tertiary/aromatic N) is 2. The van der Waals surface area contributed by atoms with E-state index in [1.54, 1.807) is 0 Å². The minimum Gasteiger partial charge on any atom is -0.480 e. The largest absolute Gasteiger partial charge is 0.480 e. The Bertz CT molecular complexity index is 454. The lowest BCUT2D eigenvalue weighted by molar-refractivity contribution is -0.912. The highest BCUT2D eigenvalue weighted by Crippen LogP contribution is 2.31. The molecule has 0 radical (unpaired) electrons. The van der Waals surface area contributed by atoms with Gasteiger partial charge in [0.05, 0.1) is 66.2 Å². The number of hydrogen-bond acceptors (Lipinski definition) is 3. The van der Waals surface area contributed by atoms with E-state index in [1.165, 1.54) is 86.8 Å². The number of carboxylic acid groups (broad SMARTS) is 1. The van der Waals surface area contributed by atoms with Crippen molar-refractivity contribution >= 4 is 26.0 Å². The molecule has 2 heterocycles. The lowest BCUT2D eigenvalue weighted by Crippen LogP contribution is -2.47. The van der Waals surface area contributed by atoms with Gasteiger partial charge in [-0.15, -0.1) is 12.4 Å². The highest BCUT2D eigenvalue weighted by atomic mass is 35.5. The van der Waals surface area contributed by atoms with Crippen LogP contribution in [0.1, 0.15) is 52.4 Å². The quantitative estimate of drug-likeness (QED) is 0.357. The van der Waals surface area contributed by atoms with E-state index in [0.717, 1.165) is 0 Å². The van der Waals surface area contributed by atoms with E-state index >= 15 is 0 Å². The molecule has 2 fully saturated rings. The summed E-state index contributed by atoms with van der Waals surface area (Å²) in [5, 5.41) is 10.1. The molecular formula is C19H45ClN3O5P+2. The zero-order chi connectivity index (χ0) is 21.7. The molecule has 2 aliphatic rings. The zero-order valence-electron chi connectivity index (χ0n) is 18.8. The van der Waals surface area contributed by atoms with Gasteiger partial charge in [0.25, 0.3) is 0 Å². The average Bonchev–Trinajstić information content (AvgIpc) is 2.63. The van der Waals surface area contributed by atoms with Crippen molar-refractivity contribution in [3.05, 3.63) is 0 Å². The molecule has 10 heteroatoms. The standard InChI is InChI=1S/2C8H18N.C3H8NO5P.ClH/c2*1-3-9(2)7-5-4-6-8-9;5-3(6)1-4-2-10(7,8)9;/h2*3-8H2,1-2H3;4H,1-2H2,(H,5,6)(H2,7,8,9);1H/q2*+1;;. The summed E-state index contributed by atoms with van der Waals surface area (Å²) >= 11 is 0. The van der Waals surface area contributed by atoms with Gasteiger partial charge in [-0.25, -0.2) is 0 Å². The van der Waals surface area contributed by atoms with Crippen LogP contribution in [0, 0.1) is 0 Å². The maximum atomic E-state index is 10.1. The van der Waals surface area contributed by atoms with E-state index < -0.39 is 26.4 Å². The SMILES string of the molecule is CC[N+]1(C)CCCCC1.CC[N+]1(C)CCCCC1.Cl.O=C(O)CNCP(=O)(O)O. The molecule has 0 atom stereocenters. The maximum absolute atomic E-state index is 10.1. The van der Waals surface area contributed by atoms with Gasteiger partial charge in [0.15, 0.2) is 0 Å². The second-order valence-corrected chi connectivity index (χ2v) is 10.2. The number of piperidine rings is 2. The zero-order valence-corrected chi connectivity index (χ0v) is 20.5. The molecule has 4 N–H and O–H groups in total. The number of halogens is 1. The first kappa shape index (κ1) is 31.0. The predicted octanol–water partition coefficient (Wildman–Crippen LogP) is 2.49. The van der Waals surface area contributed by atoms with Gasteiger partial charge < -0.3 is 23.9 Å². The van der Waals surface area contributed by atoms with Crippen molar-refractivity contribution in [1.29, 1.82) is 0 Å². The summed E-state index contributed by atoms with van der Waals surface area (Å²) in [6.45, 7) is 12.4. The van der Waals surface area contributed by atoms with Gasteiger partial charge in [-0.1, -0.05) is 0 Å². The molecule has 0 aromatic heterocycles. The lowest BCUT2D eigenvalue weighted by Gasteiger charge is -2.36. The topological polar surface area (TPSA) is 107 Å². The van der Waals surface area contributed by atoms with E-state index in [4.69, 9.17) is 14.9 Å². The van der Waals surface area contributed by atoms with Crippen molar-refractivity contribution in [3.8, 4) is 0 Å². The van der Waals surface area contributed by atoms with Crippen LogP contribution in [0.2, 0.25) is 0 Å². The molecule has 0 amide bonds. The number of quaternary nitrogens is 2. The summed E-state index contributed by atoms with van der Waals surface area (Å²) in [7, 11) is 0.652. The van der Waals surface area contributed by atoms with E-state index in [1.807, 2.05) is 0 Å². The molecule has 176 valence electrons. The van der Waals surface area contributed by atoms with E-state index in [0.29, 0.717) is 0 Å². The average molecular weight is 462 g/mol. The van der Waals surface area contributed by atoms with Crippen molar-refractivity contribution in [2.24, 2.45) is 0 Å². The van der Waals surface area contributed by atoms with Crippen LogP contribution in [-0.2, 0) is 9.36 Å². The summed E-state index contributed by atoms with van der Waals surface area (Å²) in [4.78, 5) is 26.1. The van der Waals surface area contributed by atoms with Crippen molar-refractivity contribution in [2.45, 2.75) is 52.4 Å². The van der Waals surface area contributed by atoms with Crippen molar-refractivity contribution in [1.82, 2.24) is 5.32 Å². The van der Waals surface area contributed by atoms with Gasteiger partial charge in [0, 0.05) is 0 Å². The second-order valence-electron chi connectivity index (χ2n) is 8.53. The number of nitrogens with one attached hydrogen (secondary N) is 1. The minimum absolute atomic E-state index is 0. The van der Waals surface area contributed by atoms with Crippen molar-refractivity contribution in [2.75, 3.05) is 66.2 Å². The molecule has 29 heavy (non-hydrogen) atoms. The van der Waals surface area contributed by atoms with Crippen molar-refractivity contribution < 1.29 is 33.2 Å². The fourth-order valence-electron chi connectivity index (χ4n) is 3.49. The molecule has 0 aromatic carbocycles. The van der Waals surface area contributed by atoms with Crippen molar-refractivity contribution in [3.63, 3.8) is 0 Å². The Hall–Kier alpha value is -0.210. The maximum Gasteiger partial charge on any atom is 0.339 e. The molecular weight excluding hydrogens is 417 g/mol. The summed E-state index contributed by atoms with van der Waals surface area (Å²) in [6, 6.07) is 0. The number of rotatable bonds is 6. The molecule has 0 saturated carbocycles. The summed E-state index contributed by atoms with van der Waals surface area (Å²) in [5.41, 5.74) is 0. The smallest absolute Gasteiger partial charge is 0.339 e. The van der Waals surface area contributed by atoms with Crippen LogP contribution < -0.4 is 5.32 Å². The molecule has 0 aromatic rings. The first-order valence-electron chi connectivity index (χ1n) is 10.6. The van der Waals surface area contributed by atoms with E-state index in [-0.39, 0.29) is 12.4 Å². The van der Waals surface area contributed by atoms with Gasteiger partial charge in [-0.2, -0.15) is 0 Å². The van der Waals surface area contributed by atoms with E-state index in [9.17, 15) is 9.36 Å². The third-order valence-corrected chi connectivity index (χ3v) is 6.55. The normalized spacial score (nSPS) is 20.1. The first-order chi connectivity index (χ1) is 13.0. The molecule has 0 spiro atoms. The number of hydrogen-bond donors (Lipinski definition) is 4. The highest BCUT2D eigenvalue weighted by Gasteiger charge is 2.22. The van der Waals surface area contributed by atoms with Crippen LogP contribution in [0.25, 0.3) is 0 Å². The molecule has 0 bridgehead atoms. The van der Waals surface area contributed by atoms with Crippen LogP contribution in [0.5, 0.6) is 0 Å². The monoisotopic (exact) mass is 461 g/mol. The molecule has 2 aliphatic heterocycles. The third kappa shape index (κ3) is 17.2. The minimum atomic E-state index is -4.10. The Morgan fingerprint density at radius 2 is 1.21 bits per heavy atom. The Balaban J connectivity index is 0. The third-order valence-electron chi connectivity index (χ3n) is 5.91. The van der Waals surface area contributed by atoms with Crippen LogP contribution >= 0.6 is 20.0 Å². The molecule has 2 rings (SSSR count). The Kier molecular flexibility index (Phi) is 16.6. The second kappa shape index (κ2) is 15.6. The van der Waals surface area contributed by atoms with Gasteiger partial charge >= 0.3 is 13.6 Å². The number of aliphatic carboxylic acids is 1. The Morgan fingerprint density at radius 1 is 0.862 bits per heavy atom. The van der Waals surface area contributed by atoms with Crippen LogP contribution in [0.3, 0.4) is 0 Å². The van der Waals surface area contributed by atoms with Crippen LogP contribution in [-0.4, -0.2) is 96.0 Å². The van der Waals surface area contributed by atoms with Gasteiger partial charge in [-0.05, 0) is 52.4 Å². The Labute approximate surface area is 183 Å². The van der Waals surface area contributed by atoms with Crippen LogP contribution in [0.4, 0.5) is 0 Å². The van der Waals surface area contributed by atoms with Gasteiger partial charge in [0.1, 0.15) is 0 Å². The number of carbonyl (C=O) groups is 1. The lowest BCUT2D eigenvalue weighted by atomic mass is 10.1. The molecule has 8 nitrogen and oxygen atoms in total. The fraction of sp³-hybridized carbons (Fsp3) is 0.947. The number of carboxylic acids is 1. The molecule has 0 aliphatic carbocycles. The van der Waals surface area contributed by atoms with Gasteiger partial charge in [0.2, 0.25) is 0 Å². The molecule has 2 saturated heterocycles. The van der Waals surface area contributed by atoms with E-state index in [2.05, 4.69) is 33.3 Å². The summed E-state index contributed by atoms with van der Waals surface area (Å²) in [6.07, 6.45) is 8.13. The van der Waals surface area contributed by atoms with Crippen LogP contribution in [0.15, 0.2) is 0 Å². The fourth-order valence-corrected chi connectivity index (χ4v) is 3.90. The Morgan fingerprint density at radius 3 is 1.41 bits per heavy atom. The highest BCUT2D eigenvalue weighted by molar-refractivity contribution is 7.51. The van der Waals surface area contributed by atoms with Gasteiger partial charge in [-0.3, -0.25) is 14.7 Å².